The van der Waals surface area contributed by atoms with Crippen molar-refractivity contribution in [2.24, 2.45) is 0 Å². The number of halogens is 1. The number of aryl methyl sites for hydroxylation is 1. The van der Waals surface area contributed by atoms with Crippen LogP contribution >= 0.6 is 15.9 Å². The van der Waals surface area contributed by atoms with Crippen molar-refractivity contribution in [2.45, 2.75) is 26.9 Å². The summed E-state index contributed by atoms with van der Waals surface area (Å²) in [5.41, 5.74) is 1.44. The Kier molecular flexibility index (Phi) is 5.02. The SMILES string of the molecule is Cc1cccc(OC(=O)c2cc(Br)ccc2OC(C)C)c1. The molecule has 0 amide bonds. The van der Waals surface area contributed by atoms with Gasteiger partial charge >= 0.3 is 5.97 Å². The summed E-state index contributed by atoms with van der Waals surface area (Å²) in [5, 5.41) is 0. The van der Waals surface area contributed by atoms with E-state index in [1.165, 1.54) is 0 Å². The Morgan fingerprint density at radius 2 is 1.90 bits per heavy atom. The highest BCUT2D eigenvalue weighted by Gasteiger charge is 2.16. The predicted molar refractivity (Wildman–Crippen MR) is 86.0 cm³/mol. The maximum Gasteiger partial charge on any atom is 0.347 e. The average molecular weight is 349 g/mol. The highest BCUT2D eigenvalue weighted by molar-refractivity contribution is 9.10. The van der Waals surface area contributed by atoms with E-state index >= 15 is 0 Å². The predicted octanol–water partition coefficient (Wildman–Crippen LogP) is 4.76. The normalized spacial score (nSPS) is 10.5. The molecule has 2 rings (SSSR count). The third-order valence-corrected chi connectivity index (χ3v) is 3.22. The molecule has 0 saturated carbocycles. The van der Waals surface area contributed by atoms with Gasteiger partial charge in [0.2, 0.25) is 0 Å². The van der Waals surface area contributed by atoms with Crippen molar-refractivity contribution in [1.82, 2.24) is 0 Å². The van der Waals surface area contributed by atoms with Gasteiger partial charge in [0.15, 0.2) is 0 Å². The van der Waals surface area contributed by atoms with Crippen LogP contribution in [0.3, 0.4) is 0 Å². The lowest BCUT2D eigenvalue weighted by atomic mass is 10.2. The van der Waals surface area contributed by atoms with Crippen LogP contribution in [0.2, 0.25) is 0 Å². The Bertz CT molecular complexity index is 650. The van der Waals surface area contributed by atoms with Gasteiger partial charge in [-0.3, -0.25) is 0 Å². The van der Waals surface area contributed by atoms with E-state index < -0.39 is 5.97 Å². The minimum absolute atomic E-state index is 0.0169. The van der Waals surface area contributed by atoms with Crippen LogP contribution in [0, 0.1) is 6.92 Å². The third-order valence-electron chi connectivity index (χ3n) is 2.72. The first kappa shape index (κ1) is 15.6. The summed E-state index contributed by atoms with van der Waals surface area (Å²) >= 11 is 3.36. The first-order valence-corrected chi connectivity index (χ1v) is 7.50. The quantitative estimate of drug-likeness (QED) is 0.590. The average Bonchev–Trinajstić information content (AvgIpc) is 2.40. The lowest BCUT2D eigenvalue weighted by molar-refractivity contribution is 0.0728. The van der Waals surface area contributed by atoms with Crippen molar-refractivity contribution >= 4 is 21.9 Å². The van der Waals surface area contributed by atoms with Crippen molar-refractivity contribution < 1.29 is 14.3 Å². The van der Waals surface area contributed by atoms with Crippen LogP contribution in [0.4, 0.5) is 0 Å². The summed E-state index contributed by atoms with van der Waals surface area (Å²) < 4.78 is 11.9. The van der Waals surface area contributed by atoms with Crippen molar-refractivity contribution in [3.05, 3.63) is 58.1 Å². The second-order valence-corrected chi connectivity index (χ2v) is 5.93. The summed E-state index contributed by atoms with van der Waals surface area (Å²) in [6.45, 7) is 5.78. The number of esters is 1. The largest absolute Gasteiger partial charge is 0.490 e. The molecule has 0 saturated heterocycles. The van der Waals surface area contributed by atoms with Crippen molar-refractivity contribution in [2.75, 3.05) is 0 Å². The molecule has 0 atom stereocenters. The minimum atomic E-state index is -0.433. The molecule has 0 bridgehead atoms. The van der Waals surface area contributed by atoms with Crippen LogP contribution in [0.15, 0.2) is 46.9 Å². The van der Waals surface area contributed by atoms with Crippen molar-refractivity contribution in [1.29, 1.82) is 0 Å². The molecule has 110 valence electrons. The van der Waals surface area contributed by atoms with Crippen LogP contribution in [0.1, 0.15) is 29.8 Å². The molecule has 0 aliphatic carbocycles. The van der Waals surface area contributed by atoms with Crippen LogP contribution in [0.5, 0.6) is 11.5 Å². The van der Waals surface area contributed by atoms with Gasteiger partial charge in [0.05, 0.1) is 6.10 Å². The molecule has 0 N–H and O–H groups in total. The van der Waals surface area contributed by atoms with Gasteiger partial charge in [-0.2, -0.15) is 0 Å². The highest BCUT2D eigenvalue weighted by Crippen LogP contribution is 2.26. The van der Waals surface area contributed by atoms with E-state index in [0.717, 1.165) is 10.0 Å². The topological polar surface area (TPSA) is 35.5 Å². The van der Waals surface area contributed by atoms with Crippen molar-refractivity contribution in [3.8, 4) is 11.5 Å². The molecule has 0 aromatic heterocycles. The Morgan fingerprint density at radius 1 is 1.14 bits per heavy atom. The van der Waals surface area contributed by atoms with Gasteiger partial charge in [-0.05, 0) is 56.7 Å². The first-order chi connectivity index (χ1) is 9.95. The van der Waals surface area contributed by atoms with E-state index in [-0.39, 0.29) is 6.10 Å². The van der Waals surface area contributed by atoms with Gasteiger partial charge in [-0.1, -0.05) is 28.1 Å². The lowest BCUT2D eigenvalue weighted by Crippen LogP contribution is -2.14. The van der Waals surface area contributed by atoms with Crippen LogP contribution in [-0.2, 0) is 0 Å². The summed E-state index contributed by atoms with van der Waals surface area (Å²) in [6, 6.07) is 12.7. The summed E-state index contributed by atoms with van der Waals surface area (Å²) in [4.78, 5) is 12.4. The molecule has 2 aromatic rings. The summed E-state index contributed by atoms with van der Waals surface area (Å²) in [5.74, 6) is 0.610. The molecule has 4 heteroatoms. The molecule has 0 unspecified atom stereocenters. The minimum Gasteiger partial charge on any atom is -0.490 e. The van der Waals surface area contributed by atoms with Crippen LogP contribution < -0.4 is 9.47 Å². The molecule has 2 aromatic carbocycles. The fraction of sp³-hybridized carbons (Fsp3) is 0.235. The monoisotopic (exact) mass is 348 g/mol. The van der Waals surface area contributed by atoms with Crippen LogP contribution in [0.25, 0.3) is 0 Å². The zero-order valence-electron chi connectivity index (χ0n) is 12.2. The standard InChI is InChI=1S/C17H17BrO3/c1-11(2)20-16-8-7-13(18)10-15(16)17(19)21-14-6-4-5-12(3)9-14/h4-11H,1-3H3. The Morgan fingerprint density at radius 3 is 2.57 bits per heavy atom. The molecule has 0 aliphatic rings. The second-order valence-electron chi connectivity index (χ2n) is 5.01. The number of carbonyl (C=O) groups excluding carboxylic acids is 1. The fourth-order valence-corrected chi connectivity index (χ4v) is 2.22. The van der Waals surface area contributed by atoms with E-state index in [4.69, 9.17) is 9.47 Å². The van der Waals surface area contributed by atoms with Crippen LogP contribution in [-0.4, -0.2) is 12.1 Å². The van der Waals surface area contributed by atoms with E-state index in [9.17, 15) is 4.79 Å². The maximum atomic E-state index is 12.4. The number of hydrogen-bond donors (Lipinski definition) is 0. The lowest BCUT2D eigenvalue weighted by Gasteiger charge is -2.14. The molecular formula is C17H17BrO3. The molecule has 3 nitrogen and oxygen atoms in total. The number of benzene rings is 2. The van der Waals surface area contributed by atoms with Gasteiger partial charge < -0.3 is 9.47 Å². The molecular weight excluding hydrogens is 332 g/mol. The highest BCUT2D eigenvalue weighted by atomic mass is 79.9. The number of carbonyl (C=O) groups is 1. The van der Waals surface area contributed by atoms with Crippen molar-refractivity contribution in [3.63, 3.8) is 0 Å². The Labute approximate surface area is 133 Å². The summed E-state index contributed by atoms with van der Waals surface area (Å²) in [6.07, 6.45) is -0.0169. The second kappa shape index (κ2) is 6.76. The number of hydrogen-bond acceptors (Lipinski definition) is 3. The number of rotatable bonds is 4. The fourth-order valence-electron chi connectivity index (χ4n) is 1.86. The summed E-state index contributed by atoms with van der Waals surface area (Å²) in [7, 11) is 0. The van der Waals surface area contributed by atoms with Gasteiger partial charge in [0, 0.05) is 4.47 Å². The molecule has 0 radical (unpaired) electrons. The van der Waals surface area contributed by atoms with Gasteiger partial charge in [0.1, 0.15) is 17.1 Å². The van der Waals surface area contributed by atoms with Gasteiger partial charge in [-0.15, -0.1) is 0 Å². The third kappa shape index (κ3) is 4.33. The Balaban J connectivity index is 2.27. The zero-order valence-corrected chi connectivity index (χ0v) is 13.8. The molecule has 21 heavy (non-hydrogen) atoms. The molecule has 0 spiro atoms. The Hall–Kier alpha value is -1.81. The molecule has 0 heterocycles. The maximum absolute atomic E-state index is 12.4. The first-order valence-electron chi connectivity index (χ1n) is 6.71. The van der Waals surface area contributed by atoms with E-state index in [0.29, 0.717) is 17.1 Å². The van der Waals surface area contributed by atoms with Gasteiger partial charge in [-0.25, -0.2) is 4.79 Å². The van der Waals surface area contributed by atoms with E-state index in [1.807, 2.05) is 45.0 Å². The molecule has 0 fully saturated rings. The number of ether oxygens (including phenoxy) is 2. The van der Waals surface area contributed by atoms with Gasteiger partial charge in [0.25, 0.3) is 0 Å². The van der Waals surface area contributed by atoms with E-state index in [2.05, 4.69) is 15.9 Å². The molecule has 0 aliphatic heterocycles. The smallest absolute Gasteiger partial charge is 0.347 e. The van der Waals surface area contributed by atoms with E-state index in [1.54, 1.807) is 18.2 Å². The zero-order chi connectivity index (χ0) is 15.4.